The van der Waals surface area contributed by atoms with Crippen molar-refractivity contribution in [1.82, 2.24) is 0 Å². The zero-order valence-electron chi connectivity index (χ0n) is 19.2. The molecule has 180 valence electrons. The fourth-order valence-electron chi connectivity index (χ4n) is 3.36. The molecule has 0 N–H and O–H groups in total. The number of benzene rings is 3. The summed E-state index contributed by atoms with van der Waals surface area (Å²) in [6.07, 6.45) is 2.52. The molecule has 3 aromatic carbocycles. The van der Waals surface area contributed by atoms with Gasteiger partial charge in [0.25, 0.3) is 0 Å². The van der Waals surface area contributed by atoms with Crippen LogP contribution in [0, 0.1) is 18.6 Å². The summed E-state index contributed by atoms with van der Waals surface area (Å²) in [4.78, 5) is 22.4. The second-order valence-electron chi connectivity index (χ2n) is 7.52. The molecule has 0 radical (unpaired) electrons. The molecule has 0 atom stereocenters. The standard InChI is InChI=1S/C28H24F2O5/c1-4-27(31)34-14-6-13-33-26-12-8-20(17-25(26)30)23-10-7-19(16-24(23)29)22-11-9-21(15-18(22)3)35-28(32)5-2/h4-5,7-12,15-17H,1-2,6,13-14H2,3H3. The Morgan fingerprint density at radius 3 is 2.14 bits per heavy atom. The number of halogens is 2. The number of hydrogen-bond donors (Lipinski definition) is 0. The SMILES string of the molecule is C=CC(=O)OCCCOc1ccc(-c2ccc(-c3ccc(OC(=O)C=C)cc3C)cc2F)cc1F. The summed E-state index contributed by atoms with van der Waals surface area (Å²) in [7, 11) is 0. The first-order valence-corrected chi connectivity index (χ1v) is 10.8. The van der Waals surface area contributed by atoms with E-state index in [1.165, 1.54) is 18.2 Å². The van der Waals surface area contributed by atoms with Crippen molar-refractivity contribution in [2.45, 2.75) is 13.3 Å². The van der Waals surface area contributed by atoms with Crippen molar-refractivity contribution >= 4 is 11.9 Å². The summed E-state index contributed by atoms with van der Waals surface area (Å²) in [6.45, 7) is 8.76. The number of esters is 2. The lowest BCUT2D eigenvalue weighted by Crippen LogP contribution is -2.07. The van der Waals surface area contributed by atoms with Gasteiger partial charge in [-0.3, -0.25) is 0 Å². The van der Waals surface area contributed by atoms with Crippen LogP contribution >= 0.6 is 0 Å². The van der Waals surface area contributed by atoms with Crippen molar-refractivity contribution in [3.05, 3.63) is 97.1 Å². The first kappa shape index (κ1) is 25.4. The maximum absolute atomic E-state index is 15.0. The largest absolute Gasteiger partial charge is 0.490 e. The van der Waals surface area contributed by atoms with Crippen molar-refractivity contribution < 1.29 is 32.6 Å². The van der Waals surface area contributed by atoms with E-state index >= 15 is 0 Å². The summed E-state index contributed by atoms with van der Waals surface area (Å²) < 4.78 is 44.8. The molecule has 0 amide bonds. The predicted octanol–water partition coefficient (Wildman–Crippen LogP) is 6.20. The Balaban J connectivity index is 1.71. The molecule has 0 fully saturated rings. The van der Waals surface area contributed by atoms with Crippen LogP contribution in [0.5, 0.6) is 11.5 Å². The Hall–Kier alpha value is -4.26. The Kier molecular flexibility index (Phi) is 8.51. The highest BCUT2D eigenvalue weighted by Crippen LogP contribution is 2.32. The van der Waals surface area contributed by atoms with E-state index in [9.17, 15) is 18.4 Å². The minimum Gasteiger partial charge on any atom is -0.490 e. The van der Waals surface area contributed by atoms with Crippen LogP contribution in [0.25, 0.3) is 22.3 Å². The molecule has 0 aliphatic carbocycles. The highest BCUT2D eigenvalue weighted by Gasteiger charge is 2.13. The molecule has 0 heterocycles. The van der Waals surface area contributed by atoms with Gasteiger partial charge in [0, 0.05) is 24.1 Å². The Labute approximate surface area is 202 Å². The van der Waals surface area contributed by atoms with Crippen LogP contribution < -0.4 is 9.47 Å². The molecule has 35 heavy (non-hydrogen) atoms. The van der Waals surface area contributed by atoms with Gasteiger partial charge in [-0.15, -0.1) is 0 Å². The van der Waals surface area contributed by atoms with Crippen LogP contribution in [0.3, 0.4) is 0 Å². The van der Waals surface area contributed by atoms with Gasteiger partial charge >= 0.3 is 11.9 Å². The van der Waals surface area contributed by atoms with Gasteiger partial charge in [-0.1, -0.05) is 37.4 Å². The third-order valence-electron chi connectivity index (χ3n) is 5.06. The van der Waals surface area contributed by atoms with Gasteiger partial charge in [-0.05, 0) is 59.5 Å². The Bertz CT molecular complexity index is 1270. The van der Waals surface area contributed by atoms with Crippen molar-refractivity contribution in [2.75, 3.05) is 13.2 Å². The number of aryl methyl sites for hydroxylation is 1. The van der Waals surface area contributed by atoms with Crippen LogP contribution in [0.15, 0.2) is 79.9 Å². The van der Waals surface area contributed by atoms with E-state index in [4.69, 9.17) is 14.2 Å². The molecular formula is C28H24F2O5. The van der Waals surface area contributed by atoms with Gasteiger partial charge in [0.2, 0.25) is 0 Å². The summed E-state index contributed by atoms with van der Waals surface area (Å²) in [5.41, 5.74) is 2.79. The maximum Gasteiger partial charge on any atom is 0.335 e. The van der Waals surface area contributed by atoms with E-state index in [0.717, 1.165) is 23.3 Å². The van der Waals surface area contributed by atoms with E-state index in [1.807, 2.05) is 6.92 Å². The van der Waals surface area contributed by atoms with E-state index in [1.54, 1.807) is 36.4 Å². The number of rotatable bonds is 10. The fourth-order valence-corrected chi connectivity index (χ4v) is 3.36. The number of carbonyl (C=O) groups is 2. The number of ether oxygens (including phenoxy) is 3. The van der Waals surface area contributed by atoms with Crippen LogP contribution in [-0.2, 0) is 14.3 Å². The van der Waals surface area contributed by atoms with Crippen LogP contribution in [0.4, 0.5) is 8.78 Å². The average molecular weight is 478 g/mol. The molecule has 7 heteroatoms. The minimum atomic E-state index is -0.630. The molecule has 0 saturated heterocycles. The van der Waals surface area contributed by atoms with Crippen molar-refractivity contribution in [3.63, 3.8) is 0 Å². The molecule has 0 aliphatic heterocycles. The molecule has 5 nitrogen and oxygen atoms in total. The van der Waals surface area contributed by atoms with Gasteiger partial charge in [-0.2, -0.15) is 0 Å². The van der Waals surface area contributed by atoms with Crippen molar-refractivity contribution in [3.8, 4) is 33.8 Å². The van der Waals surface area contributed by atoms with Crippen LogP contribution in [0.1, 0.15) is 12.0 Å². The van der Waals surface area contributed by atoms with Crippen LogP contribution in [-0.4, -0.2) is 25.2 Å². The zero-order chi connectivity index (χ0) is 25.4. The molecule has 0 saturated carbocycles. The lowest BCUT2D eigenvalue weighted by molar-refractivity contribution is -0.138. The predicted molar refractivity (Wildman–Crippen MR) is 129 cm³/mol. The highest BCUT2D eigenvalue weighted by atomic mass is 19.1. The fraction of sp³-hybridized carbons (Fsp3) is 0.143. The zero-order valence-corrected chi connectivity index (χ0v) is 19.2. The van der Waals surface area contributed by atoms with Crippen molar-refractivity contribution in [1.29, 1.82) is 0 Å². The molecule has 3 aromatic rings. The third kappa shape index (κ3) is 6.63. The monoisotopic (exact) mass is 478 g/mol. The normalized spacial score (nSPS) is 10.4. The van der Waals surface area contributed by atoms with Crippen LogP contribution in [0.2, 0.25) is 0 Å². The first-order chi connectivity index (χ1) is 16.8. The molecule has 0 bridgehead atoms. The molecule has 0 unspecified atom stereocenters. The lowest BCUT2D eigenvalue weighted by atomic mass is 9.96. The summed E-state index contributed by atoms with van der Waals surface area (Å²) in [5, 5.41) is 0. The lowest BCUT2D eigenvalue weighted by Gasteiger charge is -2.12. The molecule has 0 aliphatic rings. The second kappa shape index (κ2) is 11.7. The second-order valence-corrected chi connectivity index (χ2v) is 7.52. The van der Waals surface area contributed by atoms with E-state index in [2.05, 4.69) is 13.2 Å². The summed E-state index contributed by atoms with van der Waals surface area (Å²) in [5.74, 6) is -1.85. The van der Waals surface area contributed by atoms with Gasteiger partial charge in [0.1, 0.15) is 11.6 Å². The summed E-state index contributed by atoms with van der Waals surface area (Å²) >= 11 is 0. The molecule has 0 spiro atoms. The topological polar surface area (TPSA) is 61.8 Å². The first-order valence-electron chi connectivity index (χ1n) is 10.8. The van der Waals surface area contributed by atoms with Gasteiger partial charge in [0.05, 0.1) is 13.2 Å². The molecule has 3 rings (SSSR count). The van der Waals surface area contributed by atoms with E-state index < -0.39 is 23.6 Å². The van der Waals surface area contributed by atoms with E-state index in [-0.39, 0.29) is 24.5 Å². The summed E-state index contributed by atoms with van der Waals surface area (Å²) in [6, 6.07) is 13.9. The molecular weight excluding hydrogens is 454 g/mol. The van der Waals surface area contributed by atoms with Gasteiger partial charge < -0.3 is 14.2 Å². The smallest absolute Gasteiger partial charge is 0.335 e. The maximum atomic E-state index is 15.0. The Morgan fingerprint density at radius 2 is 1.49 bits per heavy atom. The van der Waals surface area contributed by atoms with Gasteiger partial charge in [-0.25, -0.2) is 18.4 Å². The van der Waals surface area contributed by atoms with Gasteiger partial charge in [0.15, 0.2) is 11.6 Å². The Morgan fingerprint density at radius 1 is 0.829 bits per heavy atom. The third-order valence-corrected chi connectivity index (χ3v) is 5.06. The van der Waals surface area contributed by atoms with E-state index in [0.29, 0.717) is 23.3 Å². The van der Waals surface area contributed by atoms with Crippen molar-refractivity contribution in [2.24, 2.45) is 0 Å². The number of hydrogen-bond acceptors (Lipinski definition) is 5. The minimum absolute atomic E-state index is 0.0219. The number of carbonyl (C=O) groups excluding carboxylic acids is 2. The molecule has 0 aromatic heterocycles. The quantitative estimate of drug-likeness (QED) is 0.150. The highest BCUT2D eigenvalue weighted by molar-refractivity contribution is 5.83. The average Bonchev–Trinajstić information content (AvgIpc) is 2.84.